The molecule has 3 N–H and O–H groups in total. The molecule has 1 aliphatic heterocycles. The molecular formula is C16H15FN2O2. The second-order valence-electron chi connectivity index (χ2n) is 5.01. The Bertz CT molecular complexity index is 715. The van der Waals surface area contributed by atoms with Gasteiger partial charge in [0.1, 0.15) is 0 Å². The van der Waals surface area contributed by atoms with E-state index in [1.807, 2.05) is 18.2 Å². The number of fused-ring (bicyclic) bond motifs is 1. The maximum atomic E-state index is 13.4. The van der Waals surface area contributed by atoms with E-state index in [9.17, 15) is 9.18 Å². The van der Waals surface area contributed by atoms with Crippen LogP contribution < -0.4 is 15.8 Å². The summed E-state index contributed by atoms with van der Waals surface area (Å²) < 4.78 is 18.4. The molecule has 21 heavy (non-hydrogen) atoms. The summed E-state index contributed by atoms with van der Waals surface area (Å²) in [6, 6.07) is 9.79. The number of halogens is 1. The summed E-state index contributed by atoms with van der Waals surface area (Å²) in [6.07, 6.45) is 0.364. The molecule has 0 fully saturated rings. The molecule has 0 aromatic heterocycles. The molecule has 1 amide bonds. The van der Waals surface area contributed by atoms with E-state index in [2.05, 4.69) is 5.32 Å². The van der Waals surface area contributed by atoms with E-state index in [0.717, 1.165) is 22.4 Å². The highest BCUT2D eigenvalue weighted by Crippen LogP contribution is 2.30. The molecule has 1 unspecified atom stereocenters. The van der Waals surface area contributed by atoms with Crippen molar-refractivity contribution >= 4 is 11.6 Å². The SMILES string of the molecule is COc1cc(C(N)c2ccc3c(c2)CC(=O)N3)ccc1F. The fraction of sp³-hybridized carbons (Fsp3) is 0.188. The number of hydrogen-bond donors (Lipinski definition) is 2. The minimum atomic E-state index is -0.419. The first-order chi connectivity index (χ1) is 10.1. The number of amides is 1. The summed E-state index contributed by atoms with van der Waals surface area (Å²) in [4.78, 5) is 11.4. The van der Waals surface area contributed by atoms with Gasteiger partial charge in [-0.05, 0) is 34.9 Å². The molecule has 0 saturated carbocycles. The van der Waals surface area contributed by atoms with Crippen molar-refractivity contribution in [2.75, 3.05) is 12.4 Å². The molecule has 1 heterocycles. The van der Waals surface area contributed by atoms with Gasteiger partial charge in [-0.3, -0.25) is 4.79 Å². The van der Waals surface area contributed by atoms with E-state index in [1.54, 1.807) is 12.1 Å². The Kier molecular flexibility index (Phi) is 3.35. The van der Waals surface area contributed by atoms with Crippen molar-refractivity contribution < 1.29 is 13.9 Å². The molecule has 5 heteroatoms. The first-order valence-corrected chi connectivity index (χ1v) is 6.60. The maximum absolute atomic E-state index is 13.4. The van der Waals surface area contributed by atoms with Crippen LogP contribution in [-0.2, 0) is 11.2 Å². The highest BCUT2D eigenvalue weighted by Gasteiger charge is 2.20. The third kappa shape index (κ3) is 2.48. The summed E-state index contributed by atoms with van der Waals surface area (Å²) in [5.74, 6) is -0.266. The molecule has 0 aliphatic carbocycles. The average Bonchev–Trinajstić information content (AvgIpc) is 2.86. The quantitative estimate of drug-likeness (QED) is 0.910. The van der Waals surface area contributed by atoms with E-state index >= 15 is 0 Å². The largest absolute Gasteiger partial charge is 0.494 e. The minimum absolute atomic E-state index is 0.0147. The Morgan fingerprint density at radius 2 is 1.95 bits per heavy atom. The van der Waals surface area contributed by atoms with Crippen LogP contribution in [0.25, 0.3) is 0 Å². The number of methoxy groups -OCH3 is 1. The van der Waals surface area contributed by atoms with Crippen molar-refractivity contribution in [1.82, 2.24) is 0 Å². The average molecular weight is 286 g/mol. The van der Waals surface area contributed by atoms with Gasteiger partial charge in [-0.2, -0.15) is 0 Å². The lowest BCUT2D eigenvalue weighted by Crippen LogP contribution is -2.12. The Labute approximate surface area is 121 Å². The van der Waals surface area contributed by atoms with Crippen LogP contribution in [0.3, 0.4) is 0 Å². The number of anilines is 1. The number of nitrogens with one attached hydrogen (secondary N) is 1. The van der Waals surface area contributed by atoms with E-state index < -0.39 is 11.9 Å². The third-order valence-corrected chi connectivity index (χ3v) is 3.65. The van der Waals surface area contributed by atoms with Crippen LogP contribution in [-0.4, -0.2) is 13.0 Å². The molecule has 0 radical (unpaired) electrons. The highest BCUT2D eigenvalue weighted by atomic mass is 19.1. The number of nitrogens with two attached hydrogens (primary N) is 1. The fourth-order valence-corrected chi connectivity index (χ4v) is 2.50. The molecule has 2 aromatic carbocycles. The molecule has 1 atom stereocenters. The van der Waals surface area contributed by atoms with Crippen molar-refractivity contribution in [3.8, 4) is 5.75 Å². The lowest BCUT2D eigenvalue weighted by molar-refractivity contribution is -0.115. The van der Waals surface area contributed by atoms with Crippen LogP contribution >= 0.6 is 0 Å². The van der Waals surface area contributed by atoms with Gasteiger partial charge in [0.2, 0.25) is 5.91 Å². The van der Waals surface area contributed by atoms with Gasteiger partial charge in [0.25, 0.3) is 0 Å². The van der Waals surface area contributed by atoms with Crippen molar-refractivity contribution in [3.63, 3.8) is 0 Å². The molecule has 0 spiro atoms. The number of ether oxygens (including phenoxy) is 1. The Morgan fingerprint density at radius 1 is 1.24 bits per heavy atom. The summed E-state index contributed by atoms with van der Waals surface area (Å²) in [7, 11) is 1.42. The number of rotatable bonds is 3. The number of hydrogen-bond acceptors (Lipinski definition) is 3. The van der Waals surface area contributed by atoms with Crippen molar-refractivity contribution in [2.45, 2.75) is 12.5 Å². The van der Waals surface area contributed by atoms with E-state index in [0.29, 0.717) is 6.42 Å². The maximum Gasteiger partial charge on any atom is 0.228 e. The zero-order valence-corrected chi connectivity index (χ0v) is 11.5. The molecule has 108 valence electrons. The number of carbonyl (C=O) groups excluding carboxylic acids is 1. The van der Waals surface area contributed by atoms with Crippen LogP contribution in [0.2, 0.25) is 0 Å². The molecule has 0 bridgehead atoms. The zero-order chi connectivity index (χ0) is 15.0. The molecule has 4 nitrogen and oxygen atoms in total. The lowest BCUT2D eigenvalue weighted by atomic mass is 9.97. The molecule has 0 saturated heterocycles. The molecule has 3 rings (SSSR count). The summed E-state index contributed by atoms with van der Waals surface area (Å²) in [5.41, 5.74) is 9.62. The third-order valence-electron chi connectivity index (χ3n) is 3.65. The fourth-order valence-electron chi connectivity index (χ4n) is 2.50. The van der Waals surface area contributed by atoms with Gasteiger partial charge in [0.05, 0.1) is 19.6 Å². The first-order valence-electron chi connectivity index (χ1n) is 6.60. The van der Waals surface area contributed by atoms with Crippen LogP contribution in [0, 0.1) is 5.82 Å². The minimum Gasteiger partial charge on any atom is -0.494 e. The topological polar surface area (TPSA) is 64.3 Å². The van der Waals surface area contributed by atoms with E-state index in [4.69, 9.17) is 10.5 Å². The van der Waals surface area contributed by atoms with Gasteiger partial charge < -0.3 is 15.8 Å². The zero-order valence-electron chi connectivity index (χ0n) is 11.5. The van der Waals surface area contributed by atoms with Crippen LogP contribution in [0.5, 0.6) is 5.75 Å². The molecular weight excluding hydrogens is 271 g/mol. The second-order valence-corrected chi connectivity index (χ2v) is 5.01. The van der Waals surface area contributed by atoms with E-state index in [1.165, 1.54) is 13.2 Å². The number of benzene rings is 2. The highest BCUT2D eigenvalue weighted by molar-refractivity contribution is 5.99. The van der Waals surface area contributed by atoms with Gasteiger partial charge >= 0.3 is 0 Å². The standard InChI is InChI=1S/C16H15FN2O2/c1-21-14-7-10(2-4-12(14)17)16(18)9-3-5-13-11(6-9)8-15(20)19-13/h2-7,16H,8,18H2,1H3,(H,19,20). The number of carbonyl (C=O) groups is 1. The van der Waals surface area contributed by atoms with Gasteiger partial charge in [0.15, 0.2) is 11.6 Å². The molecule has 1 aliphatic rings. The van der Waals surface area contributed by atoms with Crippen LogP contribution in [0.1, 0.15) is 22.7 Å². The van der Waals surface area contributed by atoms with Gasteiger partial charge in [0, 0.05) is 5.69 Å². The Balaban J connectivity index is 1.94. The normalized spacial score (nSPS) is 14.5. The summed E-state index contributed by atoms with van der Waals surface area (Å²) in [6.45, 7) is 0. The predicted molar refractivity (Wildman–Crippen MR) is 77.8 cm³/mol. The summed E-state index contributed by atoms with van der Waals surface area (Å²) >= 11 is 0. The lowest BCUT2D eigenvalue weighted by Gasteiger charge is -2.15. The van der Waals surface area contributed by atoms with Crippen LogP contribution in [0.4, 0.5) is 10.1 Å². The smallest absolute Gasteiger partial charge is 0.228 e. The predicted octanol–water partition coefficient (Wildman–Crippen LogP) is 2.38. The second kappa shape index (κ2) is 5.18. The first kappa shape index (κ1) is 13.6. The van der Waals surface area contributed by atoms with Crippen molar-refractivity contribution in [2.24, 2.45) is 5.73 Å². The Hall–Kier alpha value is -2.40. The Morgan fingerprint density at radius 3 is 2.71 bits per heavy atom. The van der Waals surface area contributed by atoms with Crippen molar-refractivity contribution in [1.29, 1.82) is 0 Å². The summed E-state index contributed by atoms with van der Waals surface area (Å²) in [5, 5.41) is 2.78. The van der Waals surface area contributed by atoms with Gasteiger partial charge in [-0.1, -0.05) is 18.2 Å². The van der Waals surface area contributed by atoms with Crippen molar-refractivity contribution in [3.05, 3.63) is 58.9 Å². The van der Waals surface area contributed by atoms with Crippen LogP contribution in [0.15, 0.2) is 36.4 Å². The molecule has 2 aromatic rings. The van der Waals surface area contributed by atoms with Gasteiger partial charge in [-0.25, -0.2) is 4.39 Å². The van der Waals surface area contributed by atoms with Gasteiger partial charge in [-0.15, -0.1) is 0 Å². The van der Waals surface area contributed by atoms with E-state index in [-0.39, 0.29) is 11.7 Å². The monoisotopic (exact) mass is 286 g/mol.